The van der Waals surface area contributed by atoms with Crippen LogP contribution in [0.1, 0.15) is 45.4 Å². The van der Waals surface area contributed by atoms with E-state index in [1.807, 2.05) is 45.0 Å². The molecule has 180 valence electrons. The monoisotopic (exact) mass is 464 g/mol. The Balaban J connectivity index is 1.81. The van der Waals surface area contributed by atoms with Gasteiger partial charge in [0.1, 0.15) is 17.2 Å². The Labute approximate surface area is 200 Å². The smallest absolute Gasteiger partial charge is 0.355 e. The first-order chi connectivity index (χ1) is 16.3. The third kappa shape index (κ3) is 6.19. The zero-order chi connectivity index (χ0) is 24.7. The number of H-pyrrole nitrogens is 1. The molecule has 0 aliphatic carbocycles. The minimum absolute atomic E-state index is 0.106. The Morgan fingerprint density at radius 1 is 0.912 bits per heavy atom. The zero-order valence-corrected chi connectivity index (χ0v) is 20.4. The van der Waals surface area contributed by atoms with Crippen LogP contribution in [0.4, 0.5) is 0 Å². The van der Waals surface area contributed by atoms with Crippen LogP contribution in [0.2, 0.25) is 0 Å². The van der Waals surface area contributed by atoms with Crippen LogP contribution in [-0.4, -0.2) is 42.1 Å². The number of esters is 1. The highest BCUT2D eigenvalue weighted by Gasteiger charge is 2.23. The van der Waals surface area contributed by atoms with E-state index in [4.69, 9.17) is 14.2 Å². The number of ether oxygens (including phenoxy) is 3. The predicted octanol–water partition coefficient (Wildman–Crippen LogP) is 4.73. The Kier molecular flexibility index (Phi) is 8.35. The summed E-state index contributed by atoms with van der Waals surface area (Å²) in [6.45, 7) is 8.52. The number of nitrogens with zero attached hydrogens (tertiary/aromatic N) is 1. The maximum atomic E-state index is 13.3. The Morgan fingerprint density at radius 3 is 2.18 bits per heavy atom. The van der Waals surface area contributed by atoms with Crippen molar-refractivity contribution in [3.63, 3.8) is 0 Å². The summed E-state index contributed by atoms with van der Waals surface area (Å²) >= 11 is 0. The molecule has 0 atom stereocenters. The summed E-state index contributed by atoms with van der Waals surface area (Å²) in [6, 6.07) is 15.2. The van der Waals surface area contributed by atoms with Crippen molar-refractivity contribution >= 4 is 11.9 Å². The SMILES string of the molecule is CCOC(=O)c1[nH]c(C)c(CN(Cc2ccc(C)cc2)C(=O)COc2ccc(OC)cc2)c1C. The van der Waals surface area contributed by atoms with Gasteiger partial charge >= 0.3 is 5.97 Å². The summed E-state index contributed by atoms with van der Waals surface area (Å²) in [5, 5.41) is 0. The fraction of sp³-hybridized carbons (Fsp3) is 0.333. The molecule has 1 N–H and O–H groups in total. The minimum Gasteiger partial charge on any atom is -0.497 e. The number of aryl methyl sites for hydroxylation is 2. The summed E-state index contributed by atoms with van der Waals surface area (Å²) < 4.78 is 16.1. The van der Waals surface area contributed by atoms with Crippen molar-refractivity contribution in [2.24, 2.45) is 0 Å². The molecule has 0 fully saturated rings. The van der Waals surface area contributed by atoms with Crippen LogP contribution in [0.3, 0.4) is 0 Å². The molecule has 2 aromatic carbocycles. The molecule has 3 aromatic rings. The van der Waals surface area contributed by atoms with E-state index in [9.17, 15) is 9.59 Å². The van der Waals surface area contributed by atoms with Gasteiger partial charge in [0.2, 0.25) is 0 Å². The van der Waals surface area contributed by atoms with Crippen molar-refractivity contribution in [2.75, 3.05) is 20.3 Å². The van der Waals surface area contributed by atoms with Gasteiger partial charge in [-0.15, -0.1) is 0 Å². The summed E-state index contributed by atoms with van der Waals surface area (Å²) in [4.78, 5) is 30.4. The van der Waals surface area contributed by atoms with Crippen molar-refractivity contribution in [3.8, 4) is 11.5 Å². The molecule has 1 aromatic heterocycles. The summed E-state index contributed by atoms with van der Waals surface area (Å²) in [5.41, 5.74) is 5.10. The second kappa shape index (κ2) is 11.4. The van der Waals surface area contributed by atoms with E-state index in [-0.39, 0.29) is 12.5 Å². The van der Waals surface area contributed by atoms with E-state index in [1.165, 1.54) is 0 Å². The molecule has 34 heavy (non-hydrogen) atoms. The van der Waals surface area contributed by atoms with Gasteiger partial charge in [0.25, 0.3) is 5.91 Å². The fourth-order valence-electron chi connectivity index (χ4n) is 3.68. The molecule has 0 saturated heterocycles. The topological polar surface area (TPSA) is 80.9 Å². The predicted molar refractivity (Wildman–Crippen MR) is 130 cm³/mol. The Hall–Kier alpha value is -3.74. The van der Waals surface area contributed by atoms with Gasteiger partial charge in [-0.05, 0) is 68.7 Å². The molecule has 0 saturated carbocycles. The van der Waals surface area contributed by atoms with E-state index in [1.54, 1.807) is 43.2 Å². The van der Waals surface area contributed by atoms with Crippen LogP contribution in [0, 0.1) is 20.8 Å². The van der Waals surface area contributed by atoms with Crippen molar-refractivity contribution in [1.29, 1.82) is 0 Å². The lowest BCUT2D eigenvalue weighted by atomic mass is 10.1. The molecule has 0 aliphatic heterocycles. The van der Waals surface area contributed by atoms with Gasteiger partial charge in [-0.1, -0.05) is 29.8 Å². The molecule has 1 amide bonds. The van der Waals surface area contributed by atoms with Crippen LogP contribution >= 0.6 is 0 Å². The van der Waals surface area contributed by atoms with Gasteiger partial charge in [0.15, 0.2) is 6.61 Å². The summed E-state index contributed by atoms with van der Waals surface area (Å²) in [5.74, 6) is 0.751. The van der Waals surface area contributed by atoms with E-state index >= 15 is 0 Å². The van der Waals surface area contributed by atoms with Crippen LogP contribution < -0.4 is 9.47 Å². The summed E-state index contributed by atoms with van der Waals surface area (Å²) in [6.07, 6.45) is 0. The van der Waals surface area contributed by atoms with Crippen LogP contribution in [0.15, 0.2) is 48.5 Å². The van der Waals surface area contributed by atoms with E-state index < -0.39 is 5.97 Å². The first kappa shape index (κ1) is 24.9. The number of amides is 1. The van der Waals surface area contributed by atoms with Crippen molar-refractivity contribution < 1.29 is 23.8 Å². The molecule has 7 nitrogen and oxygen atoms in total. The standard InChI is InChI=1S/C27H32N2O5/c1-6-33-27(31)26-19(3)24(20(4)28-26)16-29(15-21-9-7-18(2)8-10-21)25(30)17-34-23-13-11-22(32-5)12-14-23/h7-14,28H,6,15-17H2,1-5H3. The molecular formula is C27H32N2O5. The van der Waals surface area contributed by atoms with Crippen LogP contribution in [0.25, 0.3) is 0 Å². The fourth-order valence-corrected chi connectivity index (χ4v) is 3.68. The van der Waals surface area contributed by atoms with Gasteiger partial charge in [-0.25, -0.2) is 4.79 Å². The van der Waals surface area contributed by atoms with Crippen molar-refractivity contribution in [2.45, 2.75) is 40.8 Å². The molecule has 3 rings (SSSR count). The molecule has 1 heterocycles. The van der Waals surface area contributed by atoms with Gasteiger partial charge < -0.3 is 24.1 Å². The number of rotatable bonds is 10. The third-order valence-corrected chi connectivity index (χ3v) is 5.69. The number of benzene rings is 2. The summed E-state index contributed by atoms with van der Waals surface area (Å²) in [7, 11) is 1.60. The quantitative estimate of drug-likeness (QED) is 0.439. The Bertz CT molecular complexity index is 1120. The molecule has 0 aliphatic rings. The maximum absolute atomic E-state index is 13.3. The molecular weight excluding hydrogens is 432 g/mol. The number of hydrogen-bond acceptors (Lipinski definition) is 5. The normalized spacial score (nSPS) is 10.6. The first-order valence-corrected chi connectivity index (χ1v) is 11.3. The molecule has 0 bridgehead atoms. The molecule has 0 spiro atoms. The molecule has 0 radical (unpaired) electrons. The lowest BCUT2D eigenvalue weighted by molar-refractivity contribution is -0.134. The van der Waals surface area contributed by atoms with Gasteiger partial charge in [0, 0.05) is 18.8 Å². The zero-order valence-electron chi connectivity index (χ0n) is 20.4. The second-order valence-electron chi connectivity index (χ2n) is 8.15. The average molecular weight is 465 g/mol. The second-order valence-corrected chi connectivity index (χ2v) is 8.15. The van der Waals surface area contributed by atoms with Gasteiger partial charge in [0.05, 0.1) is 13.7 Å². The number of nitrogens with one attached hydrogen (secondary N) is 1. The number of aromatic amines is 1. The van der Waals surface area contributed by atoms with Crippen LogP contribution in [-0.2, 0) is 22.6 Å². The van der Waals surface area contributed by atoms with Gasteiger partial charge in [-0.3, -0.25) is 4.79 Å². The number of methoxy groups -OCH3 is 1. The minimum atomic E-state index is -0.395. The van der Waals surface area contributed by atoms with E-state index in [2.05, 4.69) is 4.98 Å². The number of aromatic nitrogens is 1. The molecule has 0 unspecified atom stereocenters. The van der Waals surface area contributed by atoms with Crippen LogP contribution in [0.5, 0.6) is 11.5 Å². The highest BCUT2D eigenvalue weighted by atomic mass is 16.5. The van der Waals surface area contributed by atoms with Crippen molar-refractivity contribution in [1.82, 2.24) is 9.88 Å². The lowest BCUT2D eigenvalue weighted by Crippen LogP contribution is -2.34. The van der Waals surface area contributed by atoms with E-state index in [0.717, 1.165) is 33.7 Å². The first-order valence-electron chi connectivity index (χ1n) is 11.3. The highest BCUT2D eigenvalue weighted by Crippen LogP contribution is 2.23. The molecule has 7 heteroatoms. The average Bonchev–Trinajstić information content (AvgIpc) is 3.12. The third-order valence-electron chi connectivity index (χ3n) is 5.69. The highest BCUT2D eigenvalue weighted by molar-refractivity contribution is 5.90. The maximum Gasteiger partial charge on any atom is 0.355 e. The largest absolute Gasteiger partial charge is 0.497 e. The lowest BCUT2D eigenvalue weighted by Gasteiger charge is -2.24. The number of carbonyl (C=O) groups is 2. The number of carbonyl (C=O) groups excluding carboxylic acids is 2. The number of hydrogen-bond donors (Lipinski definition) is 1. The van der Waals surface area contributed by atoms with Gasteiger partial charge in [-0.2, -0.15) is 0 Å². The van der Waals surface area contributed by atoms with E-state index in [0.29, 0.717) is 31.1 Å². The van der Waals surface area contributed by atoms with Crippen molar-refractivity contribution in [3.05, 3.63) is 82.2 Å². The Morgan fingerprint density at radius 2 is 1.56 bits per heavy atom.